The van der Waals surface area contributed by atoms with E-state index in [2.05, 4.69) is 51.5 Å². The summed E-state index contributed by atoms with van der Waals surface area (Å²) in [5, 5.41) is 6.83. The second kappa shape index (κ2) is 9.90. The first-order valence-corrected chi connectivity index (χ1v) is 10.6. The van der Waals surface area contributed by atoms with Crippen LogP contribution in [0, 0.1) is 5.92 Å². The van der Waals surface area contributed by atoms with Gasteiger partial charge >= 0.3 is 0 Å². The molecule has 2 N–H and O–H groups in total. The molecule has 0 fully saturated rings. The maximum atomic E-state index is 12.5. The number of nitrogens with zero attached hydrogens (tertiary/aromatic N) is 1. The Labute approximate surface area is 184 Å². The summed E-state index contributed by atoms with van der Waals surface area (Å²) in [5.74, 6) is 0.969. The lowest BCUT2D eigenvalue weighted by Gasteiger charge is -2.19. The predicted octanol–water partition coefficient (Wildman–Crippen LogP) is 6.43. The summed E-state index contributed by atoms with van der Waals surface area (Å²) >= 11 is 9.54. The number of halogens is 2. The van der Waals surface area contributed by atoms with E-state index in [0.29, 0.717) is 16.7 Å². The molecule has 2 aromatic carbocycles. The van der Waals surface area contributed by atoms with E-state index in [1.54, 1.807) is 12.1 Å². The van der Waals surface area contributed by atoms with Crippen LogP contribution in [-0.4, -0.2) is 11.1 Å². The van der Waals surface area contributed by atoms with Gasteiger partial charge in [0.25, 0.3) is 5.91 Å². The SMILES string of the molecule is CC1\C=C(N[C@@H](C)c2cccc(NC(=O)c3cccc(Br)c3)c2)/N=C(Cl)/C=C/C1. The number of amides is 1. The molecule has 1 aliphatic rings. The summed E-state index contributed by atoms with van der Waals surface area (Å²) in [6.45, 7) is 4.20. The molecule has 150 valence electrons. The van der Waals surface area contributed by atoms with Crippen LogP contribution >= 0.6 is 27.5 Å². The van der Waals surface area contributed by atoms with Crippen molar-refractivity contribution in [1.82, 2.24) is 5.32 Å². The first kappa shape index (κ1) is 21.3. The van der Waals surface area contributed by atoms with E-state index in [1.165, 1.54) is 0 Å². The van der Waals surface area contributed by atoms with Crippen LogP contribution in [0.25, 0.3) is 0 Å². The molecule has 0 spiro atoms. The Morgan fingerprint density at radius 3 is 2.83 bits per heavy atom. The molecular weight excluding hydrogens is 450 g/mol. The number of aliphatic imine (C=N–C) groups is 1. The topological polar surface area (TPSA) is 53.5 Å². The van der Waals surface area contributed by atoms with Crippen LogP contribution in [0.15, 0.2) is 82.0 Å². The minimum Gasteiger partial charge on any atom is -0.364 e. The number of hydrogen-bond acceptors (Lipinski definition) is 3. The molecule has 0 radical (unpaired) electrons. The number of nitrogens with one attached hydrogen (secondary N) is 2. The van der Waals surface area contributed by atoms with E-state index in [9.17, 15) is 4.79 Å². The van der Waals surface area contributed by atoms with Gasteiger partial charge in [-0.25, -0.2) is 4.99 Å². The van der Waals surface area contributed by atoms with E-state index in [1.807, 2.05) is 48.6 Å². The smallest absolute Gasteiger partial charge is 0.255 e. The van der Waals surface area contributed by atoms with E-state index in [0.717, 1.165) is 28.0 Å². The molecule has 1 unspecified atom stereocenters. The van der Waals surface area contributed by atoms with Crippen LogP contribution in [0.4, 0.5) is 5.69 Å². The van der Waals surface area contributed by atoms with Crippen molar-refractivity contribution in [2.24, 2.45) is 10.9 Å². The van der Waals surface area contributed by atoms with Crippen LogP contribution in [0.2, 0.25) is 0 Å². The molecule has 1 amide bonds. The molecule has 29 heavy (non-hydrogen) atoms. The normalized spacial score (nSPS) is 22.1. The highest BCUT2D eigenvalue weighted by molar-refractivity contribution is 9.10. The maximum absolute atomic E-state index is 12.5. The molecular formula is C23H23BrClN3O. The van der Waals surface area contributed by atoms with E-state index in [4.69, 9.17) is 11.6 Å². The molecule has 3 rings (SSSR count). The highest BCUT2D eigenvalue weighted by Crippen LogP contribution is 2.21. The van der Waals surface area contributed by atoms with Crippen LogP contribution < -0.4 is 10.6 Å². The predicted molar refractivity (Wildman–Crippen MR) is 124 cm³/mol. The number of rotatable bonds is 5. The van der Waals surface area contributed by atoms with Gasteiger partial charge < -0.3 is 10.6 Å². The molecule has 1 aliphatic heterocycles. The first-order valence-electron chi connectivity index (χ1n) is 9.46. The van der Waals surface area contributed by atoms with Crippen molar-refractivity contribution in [2.75, 3.05) is 5.32 Å². The molecule has 0 aliphatic carbocycles. The zero-order valence-electron chi connectivity index (χ0n) is 16.3. The molecule has 0 bridgehead atoms. The standard InChI is InChI=1S/C23H23BrClN3O/c1-15-6-3-11-21(25)28-22(12-15)26-16(2)17-7-5-10-20(14-17)27-23(29)18-8-4-9-19(24)13-18/h3-5,7-16,26H,6H2,1-2H3,(H,27,29)/b11-3+,22-12-,28-21-/t15?,16-/m0/s1. The van der Waals surface area contributed by atoms with Crippen molar-refractivity contribution < 1.29 is 4.79 Å². The van der Waals surface area contributed by atoms with E-state index < -0.39 is 0 Å². The highest BCUT2D eigenvalue weighted by Gasteiger charge is 2.12. The summed E-state index contributed by atoms with van der Waals surface area (Å²) < 4.78 is 0.868. The molecule has 0 saturated heterocycles. The monoisotopic (exact) mass is 471 g/mol. The second-order valence-corrected chi connectivity index (χ2v) is 8.36. The van der Waals surface area contributed by atoms with Crippen molar-refractivity contribution in [2.45, 2.75) is 26.3 Å². The zero-order valence-corrected chi connectivity index (χ0v) is 18.7. The molecule has 6 heteroatoms. The van der Waals surface area contributed by atoms with Gasteiger partial charge in [0.05, 0.1) is 6.04 Å². The van der Waals surface area contributed by atoms with Crippen molar-refractivity contribution >= 4 is 44.3 Å². The van der Waals surface area contributed by atoms with Crippen LogP contribution in [0.3, 0.4) is 0 Å². The quantitative estimate of drug-likeness (QED) is 0.527. The van der Waals surface area contributed by atoms with Gasteiger partial charge in [-0.1, -0.05) is 58.7 Å². The molecule has 2 aromatic rings. The molecule has 0 aromatic heterocycles. The Balaban J connectivity index is 1.73. The average molecular weight is 473 g/mol. The van der Waals surface area contributed by atoms with Crippen LogP contribution in [-0.2, 0) is 0 Å². The number of anilines is 1. The minimum atomic E-state index is -0.149. The number of carbonyl (C=O) groups is 1. The van der Waals surface area contributed by atoms with Gasteiger partial charge in [0.15, 0.2) is 0 Å². The Kier molecular flexibility index (Phi) is 7.29. The minimum absolute atomic E-state index is 0.00667. The number of allylic oxidation sites excluding steroid dienone is 3. The lowest BCUT2D eigenvalue weighted by Crippen LogP contribution is -2.19. The fourth-order valence-electron chi connectivity index (χ4n) is 3.01. The third kappa shape index (κ3) is 6.31. The number of benzene rings is 2. The highest BCUT2D eigenvalue weighted by atomic mass is 79.9. The fourth-order valence-corrected chi connectivity index (χ4v) is 3.59. The van der Waals surface area contributed by atoms with Gasteiger partial charge in [0.2, 0.25) is 0 Å². The number of carbonyl (C=O) groups excluding carboxylic acids is 1. The van der Waals surface area contributed by atoms with Gasteiger partial charge in [0.1, 0.15) is 11.0 Å². The third-order valence-electron chi connectivity index (χ3n) is 4.53. The van der Waals surface area contributed by atoms with Gasteiger partial charge in [-0.2, -0.15) is 0 Å². The van der Waals surface area contributed by atoms with Crippen LogP contribution in [0.5, 0.6) is 0 Å². The average Bonchev–Trinajstić information content (AvgIpc) is 2.67. The number of hydrogen-bond donors (Lipinski definition) is 2. The summed E-state index contributed by atoms with van der Waals surface area (Å²) in [6, 6.07) is 15.1. The van der Waals surface area contributed by atoms with Gasteiger partial charge in [0, 0.05) is 15.7 Å². The largest absolute Gasteiger partial charge is 0.364 e. The van der Waals surface area contributed by atoms with Crippen molar-refractivity contribution in [3.05, 3.63) is 88.2 Å². The Bertz CT molecular complexity index is 984. The Morgan fingerprint density at radius 2 is 2.03 bits per heavy atom. The molecule has 4 nitrogen and oxygen atoms in total. The summed E-state index contributed by atoms with van der Waals surface area (Å²) in [5.41, 5.74) is 2.38. The Morgan fingerprint density at radius 1 is 1.24 bits per heavy atom. The van der Waals surface area contributed by atoms with Gasteiger partial charge in [-0.15, -0.1) is 0 Å². The first-order chi connectivity index (χ1) is 13.9. The van der Waals surface area contributed by atoms with Crippen molar-refractivity contribution in [1.29, 1.82) is 0 Å². The van der Waals surface area contributed by atoms with Gasteiger partial charge in [-0.3, -0.25) is 4.79 Å². The maximum Gasteiger partial charge on any atom is 0.255 e. The fraction of sp³-hybridized carbons (Fsp3) is 0.217. The zero-order chi connectivity index (χ0) is 20.8. The van der Waals surface area contributed by atoms with E-state index >= 15 is 0 Å². The summed E-state index contributed by atoms with van der Waals surface area (Å²) in [4.78, 5) is 17.0. The van der Waals surface area contributed by atoms with E-state index in [-0.39, 0.29) is 11.9 Å². The molecule has 1 heterocycles. The van der Waals surface area contributed by atoms with Crippen LogP contribution in [0.1, 0.15) is 42.2 Å². The third-order valence-corrected chi connectivity index (χ3v) is 5.23. The second-order valence-electron chi connectivity index (χ2n) is 7.06. The van der Waals surface area contributed by atoms with Crippen molar-refractivity contribution in [3.63, 3.8) is 0 Å². The lowest BCUT2D eigenvalue weighted by atomic mass is 10.1. The summed E-state index contributed by atoms with van der Waals surface area (Å²) in [6.07, 6.45) is 6.86. The molecule has 2 atom stereocenters. The van der Waals surface area contributed by atoms with Gasteiger partial charge in [-0.05, 0) is 67.3 Å². The molecule has 0 saturated carbocycles. The lowest BCUT2D eigenvalue weighted by molar-refractivity contribution is 0.102. The summed E-state index contributed by atoms with van der Waals surface area (Å²) in [7, 11) is 0. The Hall–Kier alpha value is -2.37. The van der Waals surface area contributed by atoms with Crippen molar-refractivity contribution in [3.8, 4) is 0 Å².